The second kappa shape index (κ2) is 15.1. The van der Waals surface area contributed by atoms with Crippen LogP contribution in [-0.2, 0) is 40.1 Å². The Morgan fingerprint density at radius 3 is 0.595 bits per heavy atom. The Bertz CT molecular complexity index is 1260. The lowest BCUT2D eigenvalue weighted by atomic mass is 10.5. The summed E-state index contributed by atoms with van der Waals surface area (Å²) in [6, 6.07) is 11.4. The average molecular weight is 721 g/mol. The molecule has 0 amide bonds. The van der Waals surface area contributed by atoms with Gasteiger partial charge in [-0.2, -0.15) is 52.7 Å². The Morgan fingerprint density at radius 1 is 0.357 bits per heavy atom. The van der Waals surface area contributed by atoms with Gasteiger partial charge in [0.05, 0.1) is 0 Å². The van der Waals surface area contributed by atoms with Gasteiger partial charge in [-0.1, -0.05) is 20.4 Å². The molecule has 0 spiro atoms. The van der Waals surface area contributed by atoms with Crippen molar-refractivity contribution in [3.8, 4) is 0 Å². The first kappa shape index (κ1) is 41.3. The van der Waals surface area contributed by atoms with Crippen LogP contribution in [0.15, 0.2) is 61.2 Å². The molecule has 0 radical (unpaired) electrons. The lowest BCUT2D eigenvalue weighted by molar-refractivity contribution is -0.0487. The van der Waals surface area contributed by atoms with Gasteiger partial charge in [0.1, 0.15) is 0 Å². The first-order valence-electron chi connectivity index (χ1n) is 8.93. The summed E-state index contributed by atoms with van der Waals surface area (Å²) < 4.78 is 217. The zero-order valence-corrected chi connectivity index (χ0v) is 22.4. The molecule has 0 saturated heterocycles. The normalized spacial score (nSPS) is 13.2. The van der Waals surface area contributed by atoms with Crippen molar-refractivity contribution >= 4 is 40.1 Å². The van der Waals surface area contributed by atoms with Gasteiger partial charge in [-0.15, -0.1) is 0 Å². The maximum Gasteiger partial charge on any atom is 0.512 e. The number of hydrogen-bond donors (Lipinski definition) is 2. The number of rotatable bonds is 4. The second-order valence-electron chi connectivity index (χ2n) is 6.01. The maximum absolute atomic E-state index is 11.5. The van der Waals surface area contributed by atoms with Crippen LogP contribution in [0.5, 0.6) is 0 Å². The molecule has 0 atom stereocenters. The van der Waals surface area contributed by atoms with E-state index in [1.54, 1.807) is 24.8 Å². The molecule has 0 unspecified atom stereocenters. The Balaban J connectivity index is 0. The number of aromatic nitrogens is 2. The number of nitrogens with one attached hydrogen (secondary N) is 2. The maximum atomic E-state index is 11.5. The van der Waals surface area contributed by atoms with Crippen LogP contribution in [0.3, 0.4) is 0 Å². The van der Waals surface area contributed by atoms with Crippen molar-refractivity contribution in [3.63, 3.8) is 0 Å². The second-order valence-corrected chi connectivity index (χ2v) is 13.2. The Kier molecular flexibility index (Phi) is 14.8. The van der Waals surface area contributed by atoms with E-state index >= 15 is 0 Å². The van der Waals surface area contributed by atoms with Crippen molar-refractivity contribution in [1.29, 1.82) is 0 Å². The molecule has 0 aromatic carbocycles. The van der Waals surface area contributed by atoms with Crippen LogP contribution < -0.4 is 8.25 Å². The number of halogens is 12. The van der Waals surface area contributed by atoms with Gasteiger partial charge in [-0.3, -0.25) is 9.97 Å². The van der Waals surface area contributed by atoms with Crippen LogP contribution in [0.2, 0.25) is 0 Å². The third-order valence-electron chi connectivity index (χ3n) is 2.79. The third-order valence-corrected chi connectivity index (χ3v) is 8.74. The van der Waals surface area contributed by atoms with Crippen molar-refractivity contribution in [3.05, 3.63) is 61.2 Å². The Labute approximate surface area is 228 Å². The summed E-state index contributed by atoms with van der Waals surface area (Å²) in [6.45, 7) is 0. The summed E-state index contributed by atoms with van der Waals surface area (Å²) in [5.41, 5.74) is -24.6. The summed E-state index contributed by atoms with van der Waals surface area (Å²) in [6.07, 6.45) is 7.00. The van der Waals surface area contributed by atoms with Crippen molar-refractivity contribution in [2.75, 3.05) is 0 Å². The molecular formula is C14H12F12N4O8S4. The highest BCUT2D eigenvalue weighted by atomic mass is 32.3. The molecule has 0 bridgehead atoms. The SMILES string of the molecule is O=S(=O)(NS(=O)(=O)C(F)(F)F)C(F)(F)F.O=S(=O)(NS(=O)(=O)C(F)(F)F)C(F)(F)F.c1ccncc1.c1ccncc1. The van der Waals surface area contributed by atoms with Gasteiger partial charge in [0.2, 0.25) is 0 Å². The summed E-state index contributed by atoms with van der Waals surface area (Å²) in [7, 11) is -26.4. The molecule has 0 aliphatic carbocycles. The molecule has 2 aromatic rings. The van der Waals surface area contributed by atoms with Crippen molar-refractivity contribution < 1.29 is 86.4 Å². The van der Waals surface area contributed by atoms with E-state index in [0.29, 0.717) is 0 Å². The first-order chi connectivity index (χ1) is 18.4. The molecular weight excluding hydrogens is 708 g/mol. The van der Waals surface area contributed by atoms with Crippen LogP contribution in [0.25, 0.3) is 0 Å². The molecule has 244 valence electrons. The minimum absolute atomic E-state index is 0.493. The third kappa shape index (κ3) is 14.9. The van der Waals surface area contributed by atoms with Crippen molar-refractivity contribution in [1.82, 2.24) is 18.2 Å². The monoisotopic (exact) mass is 720 g/mol. The molecule has 2 rings (SSSR count). The Hall–Kier alpha value is -2.82. The molecule has 0 saturated carbocycles. The number of nitrogens with zero attached hydrogens (tertiary/aromatic N) is 2. The number of hydrogen-bond acceptors (Lipinski definition) is 10. The fourth-order valence-electron chi connectivity index (χ4n) is 1.10. The van der Waals surface area contributed by atoms with Crippen LogP contribution in [-0.4, -0.2) is 65.7 Å². The summed E-state index contributed by atoms with van der Waals surface area (Å²) >= 11 is 0. The number of sulfonamides is 4. The minimum atomic E-state index is -6.60. The van der Waals surface area contributed by atoms with E-state index in [-0.39, 0.29) is 0 Å². The molecule has 0 aliphatic rings. The molecule has 42 heavy (non-hydrogen) atoms. The molecule has 2 aromatic heterocycles. The van der Waals surface area contributed by atoms with Gasteiger partial charge in [-0.25, -0.2) is 33.7 Å². The van der Waals surface area contributed by atoms with Crippen LogP contribution in [0.4, 0.5) is 52.7 Å². The van der Waals surface area contributed by atoms with E-state index in [1.165, 1.54) is 0 Å². The standard InChI is InChI=1S/2C5H5N.2C2HF6NO4S2/c2*1-2-4-6-5-3-1;2*3-1(4,5)14(10,11)9-15(12,13)2(6,7)8/h2*1-5H;2*9H. The van der Waals surface area contributed by atoms with E-state index in [4.69, 9.17) is 0 Å². The van der Waals surface area contributed by atoms with Crippen LogP contribution in [0, 0.1) is 0 Å². The van der Waals surface area contributed by atoms with E-state index in [0.717, 1.165) is 0 Å². The zero-order chi connectivity index (χ0) is 33.9. The molecule has 0 fully saturated rings. The summed E-state index contributed by atoms with van der Waals surface area (Å²) in [5, 5.41) is 0. The Morgan fingerprint density at radius 2 is 0.524 bits per heavy atom. The molecule has 2 heterocycles. The van der Waals surface area contributed by atoms with E-state index in [9.17, 15) is 86.4 Å². The average Bonchev–Trinajstić information content (AvgIpc) is 2.78. The van der Waals surface area contributed by atoms with Gasteiger partial charge >= 0.3 is 62.1 Å². The quantitative estimate of drug-likeness (QED) is 0.445. The van der Waals surface area contributed by atoms with Gasteiger partial charge in [-0.05, 0) is 24.3 Å². The predicted octanol–water partition coefficient (Wildman–Crippen LogP) is 2.71. The highest BCUT2D eigenvalue weighted by molar-refractivity contribution is 8.06. The van der Waals surface area contributed by atoms with E-state index < -0.39 is 70.4 Å². The number of pyridine rings is 2. The minimum Gasteiger partial charge on any atom is -0.265 e. The lowest BCUT2D eigenvalue weighted by Crippen LogP contribution is -2.45. The van der Waals surface area contributed by atoms with Gasteiger partial charge < -0.3 is 0 Å². The topological polar surface area (TPSA) is 186 Å². The van der Waals surface area contributed by atoms with Gasteiger partial charge in [0, 0.05) is 24.8 Å². The molecule has 28 heteroatoms. The molecule has 2 N–H and O–H groups in total. The smallest absolute Gasteiger partial charge is 0.265 e. The first-order valence-corrected chi connectivity index (χ1v) is 14.9. The van der Waals surface area contributed by atoms with Crippen molar-refractivity contribution in [2.24, 2.45) is 0 Å². The fourth-order valence-corrected chi connectivity index (χ4v) is 4.93. The largest absolute Gasteiger partial charge is 0.512 e. The van der Waals surface area contributed by atoms with Crippen LogP contribution in [0.1, 0.15) is 0 Å². The molecule has 12 nitrogen and oxygen atoms in total. The zero-order valence-electron chi connectivity index (χ0n) is 19.1. The number of alkyl halides is 12. The van der Waals surface area contributed by atoms with Gasteiger partial charge in [0.15, 0.2) is 0 Å². The highest BCUT2D eigenvalue weighted by Crippen LogP contribution is 2.28. The van der Waals surface area contributed by atoms with E-state index in [2.05, 4.69) is 9.97 Å². The summed E-state index contributed by atoms with van der Waals surface area (Å²) in [5.74, 6) is 0. The van der Waals surface area contributed by atoms with E-state index in [1.807, 2.05) is 36.4 Å². The predicted molar refractivity (Wildman–Crippen MR) is 115 cm³/mol. The van der Waals surface area contributed by atoms with Crippen molar-refractivity contribution in [2.45, 2.75) is 22.0 Å². The molecule has 0 aliphatic heterocycles. The summed E-state index contributed by atoms with van der Waals surface area (Å²) in [4.78, 5) is 7.57. The fraction of sp³-hybridized carbons (Fsp3) is 0.286. The highest BCUT2D eigenvalue weighted by Gasteiger charge is 2.56. The van der Waals surface area contributed by atoms with Crippen LogP contribution >= 0.6 is 0 Å². The van der Waals surface area contributed by atoms with Gasteiger partial charge in [0.25, 0.3) is 0 Å². The lowest BCUT2D eigenvalue weighted by Gasteiger charge is -2.11.